The summed E-state index contributed by atoms with van der Waals surface area (Å²) in [4.78, 5) is 19.9. The molecule has 3 aromatic rings. The van der Waals surface area contributed by atoms with Crippen LogP contribution in [0.5, 0.6) is 11.5 Å². The van der Waals surface area contributed by atoms with E-state index >= 15 is 0 Å². The molecule has 0 aliphatic heterocycles. The molecule has 0 saturated carbocycles. The van der Waals surface area contributed by atoms with Gasteiger partial charge in [0.1, 0.15) is 12.3 Å². The van der Waals surface area contributed by atoms with Crippen LogP contribution >= 0.6 is 0 Å². The van der Waals surface area contributed by atoms with Gasteiger partial charge in [-0.25, -0.2) is 14.4 Å². The van der Waals surface area contributed by atoms with Crippen molar-refractivity contribution in [1.82, 2.24) is 9.97 Å². The van der Waals surface area contributed by atoms with Crippen molar-refractivity contribution in [2.24, 2.45) is 0 Å². The van der Waals surface area contributed by atoms with E-state index < -0.39 is 5.82 Å². The molecule has 0 atom stereocenters. The third-order valence-electron chi connectivity index (χ3n) is 4.42. The zero-order valence-corrected chi connectivity index (χ0v) is 18.0. The van der Waals surface area contributed by atoms with Gasteiger partial charge >= 0.3 is 0 Å². The fraction of sp³-hybridized carbons (Fsp3) is 0.261. The van der Waals surface area contributed by atoms with Gasteiger partial charge in [0.25, 0.3) is 0 Å². The van der Waals surface area contributed by atoms with Crippen molar-refractivity contribution < 1.29 is 28.9 Å². The maximum absolute atomic E-state index is 14.5. The smallest absolute Gasteiger partial charge is 0.227 e. The maximum atomic E-state index is 14.5. The van der Waals surface area contributed by atoms with Crippen LogP contribution < -0.4 is 15.4 Å². The van der Waals surface area contributed by atoms with E-state index in [2.05, 4.69) is 20.6 Å². The first-order chi connectivity index (χ1) is 16.0. The highest BCUT2D eigenvalue weighted by Gasteiger charge is 2.12. The number of halogens is 1. The Morgan fingerprint density at radius 2 is 1.97 bits per heavy atom. The minimum absolute atomic E-state index is 0.0608. The van der Waals surface area contributed by atoms with Crippen molar-refractivity contribution in [1.29, 1.82) is 0 Å². The van der Waals surface area contributed by atoms with E-state index in [0.29, 0.717) is 23.4 Å². The number of carbonyl (C=O) groups is 1. The molecule has 1 heterocycles. The molecular formula is C23H25FN4O5. The van der Waals surface area contributed by atoms with Crippen molar-refractivity contribution >= 4 is 23.2 Å². The Hall–Kier alpha value is -3.76. The lowest BCUT2D eigenvalue weighted by molar-refractivity contribution is -0.115. The van der Waals surface area contributed by atoms with Gasteiger partial charge in [0, 0.05) is 29.4 Å². The molecule has 174 valence electrons. The maximum Gasteiger partial charge on any atom is 0.227 e. The molecule has 1 aromatic heterocycles. The van der Waals surface area contributed by atoms with E-state index in [1.807, 2.05) is 0 Å². The molecule has 0 unspecified atom stereocenters. The van der Waals surface area contributed by atoms with Gasteiger partial charge in [-0.2, -0.15) is 0 Å². The van der Waals surface area contributed by atoms with Crippen LogP contribution in [-0.4, -0.2) is 52.5 Å². The fourth-order valence-corrected chi connectivity index (χ4v) is 2.84. The number of nitrogens with zero attached hydrogens (tertiary/aromatic N) is 2. The third kappa shape index (κ3) is 6.86. The van der Waals surface area contributed by atoms with E-state index in [0.717, 1.165) is 6.20 Å². The third-order valence-corrected chi connectivity index (χ3v) is 4.42. The van der Waals surface area contributed by atoms with Crippen LogP contribution in [0.15, 0.2) is 48.7 Å². The SMILES string of the molecule is CCC(=O)Nc1cccc(-c2nc(Nc3ccc(O)c(OCCOCCO)c3)ncc2F)c1. The first-order valence-electron chi connectivity index (χ1n) is 10.3. The highest BCUT2D eigenvalue weighted by atomic mass is 19.1. The molecule has 33 heavy (non-hydrogen) atoms. The Labute approximate surface area is 190 Å². The van der Waals surface area contributed by atoms with Crippen molar-refractivity contribution in [3.8, 4) is 22.8 Å². The number of aromatic hydroxyl groups is 1. The van der Waals surface area contributed by atoms with Gasteiger partial charge in [0.15, 0.2) is 17.3 Å². The monoisotopic (exact) mass is 456 g/mol. The molecular weight excluding hydrogens is 431 g/mol. The predicted molar refractivity (Wildman–Crippen MR) is 121 cm³/mol. The summed E-state index contributed by atoms with van der Waals surface area (Å²) in [5, 5.41) is 24.4. The van der Waals surface area contributed by atoms with E-state index in [1.165, 1.54) is 6.07 Å². The van der Waals surface area contributed by atoms with E-state index in [4.69, 9.17) is 14.6 Å². The van der Waals surface area contributed by atoms with E-state index in [1.54, 1.807) is 43.3 Å². The minimum atomic E-state index is -0.614. The summed E-state index contributed by atoms with van der Waals surface area (Å²) in [6.07, 6.45) is 1.38. The summed E-state index contributed by atoms with van der Waals surface area (Å²) in [7, 11) is 0. The summed E-state index contributed by atoms with van der Waals surface area (Å²) in [5.41, 5.74) is 1.59. The number of phenolic OH excluding ortho intramolecular Hbond substituents is 1. The number of hydrogen-bond acceptors (Lipinski definition) is 8. The summed E-state index contributed by atoms with van der Waals surface area (Å²) >= 11 is 0. The van der Waals surface area contributed by atoms with Gasteiger partial charge in [-0.15, -0.1) is 0 Å². The van der Waals surface area contributed by atoms with Gasteiger partial charge in [-0.3, -0.25) is 4.79 Å². The van der Waals surface area contributed by atoms with Crippen molar-refractivity contribution in [2.75, 3.05) is 37.1 Å². The lowest BCUT2D eigenvalue weighted by atomic mass is 10.1. The normalized spacial score (nSPS) is 10.6. The van der Waals surface area contributed by atoms with Crippen LogP contribution in [0.3, 0.4) is 0 Å². The van der Waals surface area contributed by atoms with Crippen molar-refractivity contribution in [2.45, 2.75) is 13.3 Å². The summed E-state index contributed by atoms with van der Waals surface area (Å²) in [5.74, 6) is -0.471. The number of phenols is 1. The number of rotatable bonds is 11. The fourth-order valence-electron chi connectivity index (χ4n) is 2.84. The molecule has 1 amide bonds. The second-order valence-electron chi connectivity index (χ2n) is 6.86. The number of aliphatic hydroxyl groups excluding tert-OH is 1. The van der Waals surface area contributed by atoms with Crippen molar-refractivity contribution in [3.05, 3.63) is 54.5 Å². The van der Waals surface area contributed by atoms with Crippen molar-refractivity contribution in [3.63, 3.8) is 0 Å². The molecule has 0 saturated heterocycles. The molecule has 2 aromatic carbocycles. The number of hydrogen-bond donors (Lipinski definition) is 4. The van der Waals surface area contributed by atoms with Crippen LogP contribution in [0.2, 0.25) is 0 Å². The van der Waals surface area contributed by atoms with Gasteiger partial charge in [-0.05, 0) is 24.3 Å². The number of aromatic nitrogens is 2. The molecule has 0 spiro atoms. The van der Waals surface area contributed by atoms with E-state index in [9.17, 15) is 14.3 Å². The highest BCUT2D eigenvalue weighted by molar-refractivity contribution is 5.91. The van der Waals surface area contributed by atoms with Crippen LogP contribution in [0.25, 0.3) is 11.3 Å². The number of aliphatic hydroxyl groups is 1. The minimum Gasteiger partial charge on any atom is -0.504 e. The Morgan fingerprint density at radius 3 is 2.76 bits per heavy atom. The number of carbonyl (C=O) groups excluding carboxylic acids is 1. The zero-order chi connectivity index (χ0) is 23.6. The van der Waals surface area contributed by atoms with Crippen LogP contribution in [0, 0.1) is 5.82 Å². The van der Waals surface area contributed by atoms with Gasteiger partial charge in [0.2, 0.25) is 11.9 Å². The Balaban J connectivity index is 1.76. The lowest BCUT2D eigenvalue weighted by Crippen LogP contribution is -2.09. The summed E-state index contributed by atoms with van der Waals surface area (Å²) in [6.45, 7) is 2.29. The number of anilines is 3. The first-order valence-corrected chi connectivity index (χ1v) is 10.3. The molecule has 10 heteroatoms. The zero-order valence-electron chi connectivity index (χ0n) is 18.0. The standard InChI is InChI=1S/C23H25FN4O5/c1-2-21(31)26-16-5-3-4-15(12-16)22-18(24)14-25-23(28-22)27-17-6-7-19(30)20(13-17)33-11-10-32-9-8-29/h3-7,12-14,29-30H,2,8-11H2,1H3,(H,26,31)(H,25,27,28). The predicted octanol–water partition coefficient (Wildman–Crippen LogP) is 3.47. The summed E-state index contributed by atoms with van der Waals surface area (Å²) < 4.78 is 25.1. The molecule has 0 fully saturated rings. The molecule has 0 aliphatic carbocycles. The molecule has 0 aliphatic rings. The second kappa shape index (κ2) is 11.7. The Morgan fingerprint density at radius 1 is 1.12 bits per heavy atom. The first kappa shape index (κ1) is 23.9. The number of ether oxygens (including phenoxy) is 2. The van der Waals surface area contributed by atoms with Crippen LogP contribution in [0.4, 0.5) is 21.7 Å². The van der Waals surface area contributed by atoms with Gasteiger partial charge in [0.05, 0.1) is 26.0 Å². The lowest BCUT2D eigenvalue weighted by Gasteiger charge is -2.12. The molecule has 3 rings (SSSR count). The largest absolute Gasteiger partial charge is 0.504 e. The number of nitrogens with one attached hydrogen (secondary N) is 2. The van der Waals surface area contributed by atoms with E-state index in [-0.39, 0.29) is 55.5 Å². The molecule has 0 radical (unpaired) electrons. The summed E-state index contributed by atoms with van der Waals surface area (Å²) in [6, 6.07) is 11.3. The molecule has 0 bridgehead atoms. The average Bonchev–Trinajstić information content (AvgIpc) is 2.82. The number of benzene rings is 2. The van der Waals surface area contributed by atoms with Gasteiger partial charge < -0.3 is 30.3 Å². The number of amides is 1. The van der Waals surface area contributed by atoms with Crippen LogP contribution in [-0.2, 0) is 9.53 Å². The van der Waals surface area contributed by atoms with Gasteiger partial charge in [-0.1, -0.05) is 19.1 Å². The second-order valence-corrected chi connectivity index (χ2v) is 6.86. The topological polar surface area (TPSA) is 126 Å². The Kier molecular flexibility index (Phi) is 8.50. The molecule has 9 nitrogen and oxygen atoms in total. The Bertz CT molecular complexity index is 1100. The van der Waals surface area contributed by atoms with Crippen LogP contribution in [0.1, 0.15) is 13.3 Å². The average molecular weight is 456 g/mol. The quantitative estimate of drug-likeness (QED) is 0.255. The molecule has 4 N–H and O–H groups in total. The highest BCUT2D eigenvalue weighted by Crippen LogP contribution is 2.31.